The lowest BCUT2D eigenvalue weighted by molar-refractivity contribution is -0.122. The molecule has 0 aliphatic carbocycles. The highest BCUT2D eigenvalue weighted by atomic mass is 16.5. The lowest BCUT2D eigenvalue weighted by Gasteiger charge is -2.12. The van der Waals surface area contributed by atoms with Crippen LogP contribution in [0.1, 0.15) is 12.5 Å². The van der Waals surface area contributed by atoms with Crippen LogP contribution in [0, 0.1) is 0 Å². The first-order chi connectivity index (χ1) is 8.69. The van der Waals surface area contributed by atoms with Crippen molar-refractivity contribution in [2.24, 2.45) is 11.6 Å². The second kappa shape index (κ2) is 7.41. The molecule has 0 fully saturated rings. The van der Waals surface area contributed by atoms with Crippen molar-refractivity contribution in [2.45, 2.75) is 13.3 Å². The predicted molar refractivity (Wildman–Crippen MR) is 67.7 cm³/mol. The number of nitrogens with two attached hydrogens (primary N) is 2. The number of primary amides is 1. The molecule has 0 spiro atoms. The Bertz CT molecular complexity index is 398. The summed E-state index contributed by atoms with van der Waals surface area (Å²) in [6.07, 6.45) is 2.16. The first kappa shape index (κ1) is 14.1. The van der Waals surface area contributed by atoms with Gasteiger partial charge >= 0.3 is 0 Å². The molecular weight excluding hydrogens is 236 g/mol. The fourth-order valence-corrected chi connectivity index (χ4v) is 1.44. The summed E-state index contributed by atoms with van der Waals surface area (Å²) in [5.74, 6) is 6.16. The Morgan fingerprint density at radius 2 is 2.17 bits per heavy atom. The van der Waals surface area contributed by atoms with Gasteiger partial charge in [-0.05, 0) is 6.42 Å². The Hall–Kier alpha value is -1.93. The molecule has 0 radical (unpaired) electrons. The normalized spacial score (nSPS) is 10.1. The first-order valence-corrected chi connectivity index (χ1v) is 5.59. The van der Waals surface area contributed by atoms with Crippen molar-refractivity contribution < 1.29 is 9.53 Å². The molecule has 0 aromatic carbocycles. The average molecular weight is 254 g/mol. The quantitative estimate of drug-likeness (QED) is 0.272. The third-order valence-corrected chi connectivity index (χ3v) is 2.22. The summed E-state index contributed by atoms with van der Waals surface area (Å²) < 4.78 is 5.03. The summed E-state index contributed by atoms with van der Waals surface area (Å²) in [6, 6.07) is 0. The van der Waals surface area contributed by atoms with Crippen LogP contribution in [-0.4, -0.2) is 35.6 Å². The smallest absolute Gasteiger partial charge is 0.243 e. The molecule has 0 aliphatic rings. The van der Waals surface area contributed by atoms with Crippen molar-refractivity contribution in [3.63, 3.8) is 0 Å². The van der Waals surface area contributed by atoms with Gasteiger partial charge in [0.05, 0.1) is 6.61 Å². The number of ether oxygens (including phenoxy) is 1. The number of nitrogen functional groups attached to an aromatic ring is 1. The molecule has 18 heavy (non-hydrogen) atoms. The molecule has 0 saturated carbocycles. The SMILES string of the molecule is CCc1c(NN)ncnc1NCCOCC(N)=O. The number of hydrogen-bond donors (Lipinski definition) is 4. The Morgan fingerprint density at radius 1 is 1.44 bits per heavy atom. The van der Waals surface area contributed by atoms with Crippen molar-refractivity contribution in [3.05, 3.63) is 11.9 Å². The number of carbonyl (C=O) groups excluding carboxylic acids is 1. The first-order valence-electron chi connectivity index (χ1n) is 5.59. The van der Waals surface area contributed by atoms with Crippen LogP contribution in [0.3, 0.4) is 0 Å². The van der Waals surface area contributed by atoms with Crippen LogP contribution >= 0.6 is 0 Å². The number of nitrogens with zero attached hydrogens (tertiary/aromatic N) is 2. The minimum Gasteiger partial charge on any atom is -0.370 e. The van der Waals surface area contributed by atoms with Gasteiger partial charge in [-0.2, -0.15) is 0 Å². The van der Waals surface area contributed by atoms with Crippen LogP contribution in [0.5, 0.6) is 0 Å². The van der Waals surface area contributed by atoms with E-state index < -0.39 is 5.91 Å². The molecular formula is C10H18N6O2. The van der Waals surface area contributed by atoms with E-state index in [2.05, 4.69) is 20.7 Å². The fourth-order valence-electron chi connectivity index (χ4n) is 1.44. The van der Waals surface area contributed by atoms with Gasteiger partial charge in [0.1, 0.15) is 24.6 Å². The molecule has 8 nitrogen and oxygen atoms in total. The van der Waals surface area contributed by atoms with Crippen molar-refractivity contribution in [3.8, 4) is 0 Å². The maximum Gasteiger partial charge on any atom is 0.243 e. The van der Waals surface area contributed by atoms with E-state index in [1.807, 2.05) is 6.92 Å². The van der Waals surface area contributed by atoms with Crippen LogP contribution < -0.4 is 22.3 Å². The molecule has 1 amide bonds. The van der Waals surface area contributed by atoms with Gasteiger partial charge in [-0.15, -0.1) is 0 Å². The number of hydrazine groups is 1. The molecule has 1 rings (SSSR count). The second-order valence-corrected chi connectivity index (χ2v) is 3.49. The summed E-state index contributed by atoms with van der Waals surface area (Å²) in [7, 11) is 0. The zero-order valence-corrected chi connectivity index (χ0v) is 10.3. The van der Waals surface area contributed by atoms with E-state index in [0.29, 0.717) is 24.8 Å². The average Bonchev–Trinajstić information content (AvgIpc) is 2.37. The summed E-state index contributed by atoms with van der Waals surface area (Å²) in [6.45, 7) is 2.78. The number of anilines is 2. The monoisotopic (exact) mass is 254 g/mol. The number of aromatic nitrogens is 2. The van der Waals surface area contributed by atoms with Gasteiger partial charge in [0.25, 0.3) is 0 Å². The number of carbonyl (C=O) groups is 1. The molecule has 0 aliphatic heterocycles. The van der Waals surface area contributed by atoms with E-state index >= 15 is 0 Å². The van der Waals surface area contributed by atoms with E-state index in [-0.39, 0.29) is 6.61 Å². The lowest BCUT2D eigenvalue weighted by atomic mass is 10.2. The van der Waals surface area contributed by atoms with Crippen molar-refractivity contribution >= 4 is 17.5 Å². The highest BCUT2D eigenvalue weighted by molar-refractivity contribution is 5.74. The molecule has 0 saturated heterocycles. The molecule has 1 heterocycles. The Morgan fingerprint density at radius 3 is 2.78 bits per heavy atom. The van der Waals surface area contributed by atoms with Crippen LogP contribution in [0.2, 0.25) is 0 Å². The molecule has 0 bridgehead atoms. The summed E-state index contributed by atoms with van der Waals surface area (Å²) in [4.78, 5) is 18.6. The third kappa shape index (κ3) is 4.15. The molecule has 1 aromatic heterocycles. The van der Waals surface area contributed by atoms with Crippen LogP contribution in [0.15, 0.2) is 6.33 Å². The van der Waals surface area contributed by atoms with E-state index in [9.17, 15) is 4.79 Å². The largest absolute Gasteiger partial charge is 0.370 e. The van der Waals surface area contributed by atoms with Crippen LogP contribution in [0.4, 0.5) is 11.6 Å². The molecule has 1 aromatic rings. The molecule has 6 N–H and O–H groups in total. The maximum absolute atomic E-state index is 10.5. The summed E-state index contributed by atoms with van der Waals surface area (Å²) >= 11 is 0. The van der Waals surface area contributed by atoms with Gasteiger partial charge in [0.2, 0.25) is 5.91 Å². The summed E-state index contributed by atoms with van der Waals surface area (Å²) in [5.41, 5.74) is 8.36. The van der Waals surface area contributed by atoms with Gasteiger partial charge < -0.3 is 21.2 Å². The van der Waals surface area contributed by atoms with Crippen LogP contribution in [-0.2, 0) is 16.0 Å². The lowest BCUT2D eigenvalue weighted by Crippen LogP contribution is -2.21. The summed E-state index contributed by atoms with van der Waals surface area (Å²) in [5, 5.41) is 3.09. The number of nitrogens with one attached hydrogen (secondary N) is 2. The van der Waals surface area contributed by atoms with Crippen molar-refractivity contribution in [1.29, 1.82) is 0 Å². The van der Waals surface area contributed by atoms with E-state index in [0.717, 1.165) is 12.0 Å². The minimum absolute atomic E-state index is 0.0817. The highest BCUT2D eigenvalue weighted by Gasteiger charge is 2.07. The maximum atomic E-state index is 10.5. The molecule has 100 valence electrons. The molecule has 8 heteroatoms. The predicted octanol–water partition coefficient (Wildman–Crippen LogP) is -0.762. The Kier molecular flexibility index (Phi) is 5.81. The zero-order chi connectivity index (χ0) is 13.4. The molecule has 0 unspecified atom stereocenters. The van der Waals surface area contributed by atoms with Crippen molar-refractivity contribution in [2.75, 3.05) is 30.5 Å². The van der Waals surface area contributed by atoms with E-state index in [4.69, 9.17) is 16.3 Å². The van der Waals surface area contributed by atoms with Gasteiger partial charge in [-0.1, -0.05) is 6.92 Å². The standard InChI is InChI=1S/C10H18N6O2/c1-2-7-9(14-6-15-10(7)16-12)13-3-4-18-5-8(11)17/h6H,2-5,12H2,1H3,(H2,11,17)(H2,13,14,15,16). The van der Waals surface area contributed by atoms with Gasteiger partial charge in [-0.25, -0.2) is 15.8 Å². The zero-order valence-electron chi connectivity index (χ0n) is 10.3. The highest BCUT2D eigenvalue weighted by Crippen LogP contribution is 2.18. The van der Waals surface area contributed by atoms with Crippen LogP contribution in [0.25, 0.3) is 0 Å². The number of amides is 1. The molecule has 0 atom stereocenters. The topological polar surface area (TPSA) is 128 Å². The van der Waals surface area contributed by atoms with E-state index in [1.54, 1.807) is 0 Å². The number of rotatable bonds is 8. The minimum atomic E-state index is -0.485. The second-order valence-electron chi connectivity index (χ2n) is 3.49. The number of hydrogen-bond acceptors (Lipinski definition) is 7. The fraction of sp³-hybridized carbons (Fsp3) is 0.500. The van der Waals surface area contributed by atoms with E-state index in [1.165, 1.54) is 6.33 Å². The Balaban J connectivity index is 2.49. The van der Waals surface area contributed by atoms with Gasteiger partial charge in [0.15, 0.2) is 0 Å². The Labute approximate surface area is 105 Å². The van der Waals surface area contributed by atoms with Gasteiger partial charge in [-0.3, -0.25) is 4.79 Å². The van der Waals surface area contributed by atoms with Crippen molar-refractivity contribution in [1.82, 2.24) is 9.97 Å². The third-order valence-electron chi connectivity index (χ3n) is 2.22. The van der Waals surface area contributed by atoms with Gasteiger partial charge in [0, 0.05) is 12.1 Å².